The lowest BCUT2D eigenvalue weighted by molar-refractivity contribution is 0.749. The summed E-state index contributed by atoms with van der Waals surface area (Å²) in [6, 6.07) is 10.7. The second-order valence-corrected chi connectivity index (χ2v) is 4.46. The number of para-hydroxylation sites is 1. The van der Waals surface area contributed by atoms with Crippen molar-refractivity contribution in [1.29, 1.82) is 0 Å². The van der Waals surface area contributed by atoms with Crippen LogP contribution in [0.15, 0.2) is 36.7 Å². The Hall–Kier alpha value is -2.14. The van der Waals surface area contributed by atoms with Crippen LogP contribution >= 0.6 is 0 Å². The van der Waals surface area contributed by atoms with Crippen molar-refractivity contribution < 1.29 is 0 Å². The number of benzene rings is 1. The third kappa shape index (κ3) is 1.69. The molecule has 3 rings (SSSR count). The Kier molecular flexibility index (Phi) is 2.60. The van der Waals surface area contributed by atoms with Crippen LogP contribution in [0.1, 0.15) is 12.5 Å². The van der Waals surface area contributed by atoms with Crippen molar-refractivity contribution in [2.24, 2.45) is 5.84 Å². The van der Waals surface area contributed by atoms with Crippen LogP contribution in [0.4, 0.5) is 17.3 Å². The lowest BCUT2D eigenvalue weighted by Gasteiger charge is -2.23. The topological polar surface area (TPSA) is 67.1 Å². The first kappa shape index (κ1) is 11.0. The zero-order chi connectivity index (χ0) is 12.5. The van der Waals surface area contributed by atoms with Crippen LogP contribution in [0.25, 0.3) is 0 Å². The summed E-state index contributed by atoms with van der Waals surface area (Å²) in [4.78, 5) is 10.6. The Morgan fingerprint density at radius 1 is 1.33 bits per heavy atom. The summed E-state index contributed by atoms with van der Waals surface area (Å²) in [7, 11) is 0. The fraction of sp³-hybridized carbons (Fsp3) is 0.231. The SMILES string of the molecule is CC1Cc2ccccc2N1c1cc(NN)ncn1. The summed E-state index contributed by atoms with van der Waals surface area (Å²) < 4.78 is 0. The van der Waals surface area contributed by atoms with E-state index >= 15 is 0 Å². The molecular formula is C13H15N5. The minimum atomic E-state index is 0.392. The second kappa shape index (κ2) is 4.27. The van der Waals surface area contributed by atoms with Crippen molar-refractivity contribution in [3.8, 4) is 0 Å². The normalized spacial score (nSPS) is 17.7. The zero-order valence-corrected chi connectivity index (χ0v) is 10.2. The van der Waals surface area contributed by atoms with Gasteiger partial charge in [-0.3, -0.25) is 0 Å². The first-order valence-corrected chi connectivity index (χ1v) is 5.95. The fourth-order valence-corrected chi connectivity index (χ4v) is 2.47. The summed E-state index contributed by atoms with van der Waals surface area (Å²) in [5.74, 6) is 6.88. The average molecular weight is 241 g/mol. The van der Waals surface area contributed by atoms with Gasteiger partial charge in [-0.25, -0.2) is 15.8 Å². The highest BCUT2D eigenvalue weighted by Gasteiger charge is 2.27. The van der Waals surface area contributed by atoms with Crippen LogP contribution in [0.2, 0.25) is 0 Å². The van der Waals surface area contributed by atoms with E-state index in [4.69, 9.17) is 5.84 Å². The fourth-order valence-electron chi connectivity index (χ4n) is 2.47. The average Bonchev–Trinajstić information content (AvgIpc) is 2.74. The van der Waals surface area contributed by atoms with E-state index in [-0.39, 0.29) is 0 Å². The van der Waals surface area contributed by atoms with Crippen LogP contribution in [-0.4, -0.2) is 16.0 Å². The predicted molar refractivity (Wildman–Crippen MR) is 71.6 cm³/mol. The summed E-state index contributed by atoms with van der Waals surface area (Å²) in [5, 5.41) is 0. The molecule has 1 aromatic carbocycles. The summed E-state index contributed by atoms with van der Waals surface area (Å²) >= 11 is 0. The van der Waals surface area contributed by atoms with Crippen LogP contribution in [0, 0.1) is 0 Å². The van der Waals surface area contributed by atoms with E-state index < -0.39 is 0 Å². The molecule has 5 heteroatoms. The van der Waals surface area contributed by atoms with Crippen LogP contribution in [0.5, 0.6) is 0 Å². The molecule has 0 spiro atoms. The van der Waals surface area contributed by atoms with Gasteiger partial charge in [-0.1, -0.05) is 18.2 Å². The first-order chi connectivity index (χ1) is 8.79. The van der Waals surface area contributed by atoms with E-state index in [1.54, 1.807) is 0 Å². The number of hydrazine groups is 1. The molecule has 2 aromatic rings. The van der Waals surface area contributed by atoms with Gasteiger partial charge in [0.2, 0.25) is 0 Å². The Morgan fingerprint density at radius 2 is 2.17 bits per heavy atom. The van der Waals surface area contributed by atoms with E-state index in [1.807, 2.05) is 12.1 Å². The smallest absolute Gasteiger partial charge is 0.145 e. The van der Waals surface area contributed by atoms with E-state index in [9.17, 15) is 0 Å². The third-order valence-electron chi connectivity index (χ3n) is 3.25. The highest BCUT2D eigenvalue weighted by atomic mass is 15.3. The third-order valence-corrected chi connectivity index (χ3v) is 3.25. The van der Waals surface area contributed by atoms with Gasteiger partial charge < -0.3 is 10.3 Å². The van der Waals surface area contributed by atoms with Crippen LogP contribution in [-0.2, 0) is 6.42 Å². The van der Waals surface area contributed by atoms with Crippen molar-refractivity contribution in [2.45, 2.75) is 19.4 Å². The number of hydrogen-bond donors (Lipinski definition) is 2. The molecule has 0 radical (unpaired) electrons. The Bertz CT molecular complexity index is 569. The number of nitrogen functional groups attached to an aromatic ring is 1. The molecule has 0 amide bonds. The minimum Gasteiger partial charge on any atom is -0.323 e. The molecule has 1 aliphatic heterocycles. The lowest BCUT2D eigenvalue weighted by atomic mass is 10.1. The van der Waals surface area contributed by atoms with Gasteiger partial charge in [0.15, 0.2) is 0 Å². The Labute approximate surface area is 106 Å². The number of nitrogens with zero attached hydrogens (tertiary/aromatic N) is 3. The molecule has 1 aliphatic rings. The summed E-state index contributed by atoms with van der Waals surface area (Å²) in [5.41, 5.74) is 5.12. The van der Waals surface area contributed by atoms with Crippen molar-refractivity contribution in [3.63, 3.8) is 0 Å². The number of hydrogen-bond acceptors (Lipinski definition) is 5. The predicted octanol–water partition coefficient (Wildman–Crippen LogP) is 1.84. The summed E-state index contributed by atoms with van der Waals surface area (Å²) in [6.07, 6.45) is 2.56. The maximum Gasteiger partial charge on any atom is 0.145 e. The standard InChI is InChI=1S/C13H15N5/c1-9-6-10-4-2-3-5-11(10)18(9)13-7-12(17-14)15-8-16-13/h2-5,7-9H,6,14H2,1H3,(H,15,16,17). The van der Waals surface area contributed by atoms with Gasteiger partial charge in [-0.05, 0) is 25.0 Å². The van der Waals surface area contributed by atoms with Crippen molar-refractivity contribution in [3.05, 3.63) is 42.2 Å². The largest absolute Gasteiger partial charge is 0.323 e. The summed E-state index contributed by atoms with van der Waals surface area (Å²) in [6.45, 7) is 2.19. The van der Waals surface area contributed by atoms with Gasteiger partial charge in [0.25, 0.3) is 0 Å². The van der Waals surface area contributed by atoms with Gasteiger partial charge in [-0.15, -0.1) is 0 Å². The second-order valence-electron chi connectivity index (χ2n) is 4.46. The van der Waals surface area contributed by atoms with Gasteiger partial charge >= 0.3 is 0 Å². The maximum atomic E-state index is 5.39. The monoisotopic (exact) mass is 241 g/mol. The quantitative estimate of drug-likeness (QED) is 0.620. The molecule has 1 unspecified atom stereocenters. The number of anilines is 3. The van der Waals surface area contributed by atoms with Gasteiger partial charge in [-0.2, -0.15) is 0 Å². The molecule has 1 atom stereocenters. The van der Waals surface area contributed by atoms with Crippen LogP contribution < -0.4 is 16.2 Å². The molecule has 0 aliphatic carbocycles. The molecule has 0 fully saturated rings. The molecule has 0 saturated heterocycles. The lowest BCUT2D eigenvalue weighted by Crippen LogP contribution is -2.25. The molecule has 92 valence electrons. The molecule has 18 heavy (non-hydrogen) atoms. The minimum absolute atomic E-state index is 0.392. The van der Waals surface area contributed by atoms with E-state index in [1.165, 1.54) is 17.6 Å². The first-order valence-electron chi connectivity index (χ1n) is 5.95. The van der Waals surface area contributed by atoms with Gasteiger partial charge in [0.05, 0.1) is 0 Å². The molecule has 1 aromatic heterocycles. The molecule has 0 bridgehead atoms. The Morgan fingerprint density at radius 3 is 3.00 bits per heavy atom. The molecule has 2 heterocycles. The maximum absolute atomic E-state index is 5.39. The Balaban J connectivity index is 2.06. The van der Waals surface area contributed by atoms with Crippen molar-refractivity contribution in [1.82, 2.24) is 9.97 Å². The molecular weight excluding hydrogens is 226 g/mol. The van der Waals surface area contributed by atoms with Gasteiger partial charge in [0.1, 0.15) is 18.0 Å². The van der Waals surface area contributed by atoms with Crippen LogP contribution in [0.3, 0.4) is 0 Å². The number of nitrogens with one attached hydrogen (secondary N) is 1. The molecule has 3 N–H and O–H groups in total. The van der Waals surface area contributed by atoms with E-state index in [0.29, 0.717) is 11.9 Å². The van der Waals surface area contributed by atoms with Gasteiger partial charge in [0, 0.05) is 17.8 Å². The number of fused-ring (bicyclic) bond motifs is 1. The highest BCUT2D eigenvalue weighted by molar-refractivity contribution is 5.69. The van der Waals surface area contributed by atoms with Crippen molar-refractivity contribution in [2.75, 3.05) is 10.3 Å². The zero-order valence-electron chi connectivity index (χ0n) is 10.2. The highest BCUT2D eigenvalue weighted by Crippen LogP contribution is 2.37. The molecule has 0 saturated carbocycles. The number of rotatable bonds is 2. The van der Waals surface area contributed by atoms with Crippen molar-refractivity contribution >= 4 is 17.3 Å². The number of nitrogens with two attached hydrogens (primary N) is 1. The van der Waals surface area contributed by atoms with E-state index in [0.717, 1.165) is 12.2 Å². The van der Waals surface area contributed by atoms with E-state index in [2.05, 4.69) is 45.4 Å². The molecule has 5 nitrogen and oxygen atoms in total. The number of aromatic nitrogens is 2.